The second-order valence-electron chi connectivity index (χ2n) is 18.2. The Bertz CT molecular complexity index is 3380. The molecule has 1 fully saturated rings. The third-order valence-electron chi connectivity index (χ3n) is 12.9. The van der Waals surface area contributed by atoms with Crippen LogP contribution in [0.15, 0.2) is 91.3 Å². The summed E-state index contributed by atoms with van der Waals surface area (Å²) in [7, 11) is 2.68. The number of halogens is 5. The van der Waals surface area contributed by atoms with Crippen LogP contribution in [-0.2, 0) is 36.6 Å². The van der Waals surface area contributed by atoms with E-state index in [4.69, 9.17) is 11.6 Å². The van der Waals surface area contributed by atoms with Crippen molar-refractivity contribution in [3.05, 3.63) is 113 Å². The maximum absolute atomic E-state index is 15.8. The molecule has 0 aliphatic carbocycles. The van der Waals surface area contributed by atoms with Crippen LogP contribution in [0.2, 0.25) is 5.02 Å². The molecule has 26 heteroatoms. The number of hydrogen-bond donors (Lipinski definition) is 6. The van der Waals surface area contributed by atoms with Crippen molar-refractivity contribution in [2.24, 2.45) is 0 Å². The van der Waals surface area contributed by atoms with Crippen molar-refractivity contribution in [3.8, 4) is 11.1 Å². The van der Waals surface area contributed by atoms with E-state index in [-0.39, 0.29) is 57.2 Å². The van der Waals surface area contributed by atoms with Crippen molar-refractivity contribution >= 4 is 97.7 Å². The lowest BCUT2D eigenvalue weighted by Gasteiger charge is -2.36. The number of carbonyl (C=O) groups excluding carboxylic acids is 6. The smallest absolute Gasteiger partial charge is 0.435 e. The molecule has 4 amide bonds. The Kier molecular flexibility index (Phi) is 18.3. The minimum Gasteiger partial charge on any atom is -0.468 e. The monoisotopic (exact) mass is 1110 g/mol. The molecule has 0 spiro atoms. The Morgan fingerprint density at radius 2 is 1.53 bits per heavy atom. The fraction of sp³-hybridized carbons (Fsp3) is 0.321. The maximum atomic E-state index is 15.8. The number of piperazine rings is 1. The molecule has 21 nitrogen and oxygen atoms in total. The predicted molar refractivity (Wildman–Crippen MR) is 287 cm³/mol. The second kappa shape index (κ2) is 25.6. The van der Waals surface area contributed by atoms with E-state index in [0.717, 1.165) is 85.9 Å². The first-order chi connectivity index (χ1) is 38.0. The summed E-state index contributed by atoms with van der Waals surface area (Å²) in [5, 5.41) is 24.0. The van der Waals surface area contributed by atoms with E-state index in [1.54, 1.807) is 31.3 Å². The Labute approximate surface area is 454 Å². The van der Waals surface area contributed by atoms with E-state index in [9.17, 15) is 41.9 Å². The number of para-hydroxylation sites is 1. The van der Waals surface area contributed by atoms with Gasteiger partial charge in [0.2, 0.25) is 29.6 Å². The third-order valence-corrected chi connectivity index (χ3v) is 13.2. The van der Waals surface area contributed by atoms with Crippen LogP contribution in [-0.4, -0.2) is 136 Å². The van der Waals surface area contributed by atoms with Crippen LogP contribution in [0.3, 0.4) is 0 Å². The molecule has 7 aromatic rings. The van der Waals surface area contributed by atoms with Crippen molar-refractivity contribution in [3.63, 3.8) is 0 Å². The molecular weight excluding hydrogens is 1060 g/mol. The molecule has 1 saturated heterocycles. The lowest BCUT2D eigenvalue weighted by atomic mass is 9.98. The molecule has 0 radical (unpaired) electrons. The molecule has 6 N–H and O–H groups in total. The average Bonchev–Trinajstić information content (AvgIpc) is 4.29. The number of esters is 1. The molecule has 3 aromatic heterocycles. The van der Waals surface area contributed by atoms with Crippen molar-refractivity contribution in [1.29, 1.82) is 0 Å². The van der Waals surface area contributed by atoms with Gasteiger partial charge in [-0.2, -0.15) is 28.4 Å². The molecular formula is C53H55ClF4N14O7. The Morgan fingerprint density at radius 3 is 2.28 bits per heavy atom. The van der Waals surface area contributed by atoms with E-state index in [2.05, 4.69) is 66.6 Å². The van der Waals surface area contributed by atoms with E-state index in [1.165, 1.54) is 36.7 Å². The van der Waals surface area contributed by atoms with Gasteiger partial charge < -0.3 is 41.5 Å². The highest BCUT2D eigenvalue weighted by molar-refractivity contribution is 6.33. The van der Waals surface area contributed by atoms with Gasteiger partial charge in [0, 0.05) is 80.3 Å². The van der Waals surface area contributed by atoms with Crippen molar-refractivity contribution < 1.29 is 51.1 Å². The Balaban J connectivity index is 0.768. The van der Waals surface area contributed by atoms with Gasteiger partial charge in [-0.25, -0.2) is 14.1 Å². The van der Waals surface area contributed by atoms with Crippen molar-refractivity contribution in [1.82, 2.24) is 55.7 Å². The van der Waals surface area contributed by atoms with E-state index in [0.29, 0.717) is 29.6 Å². The standard InChI is InChI=1S/C53H55ClF4N14O7/c1-59-51(78)36-9-4-5-11-40(36)66-50-38(54)28-63-52(67-50)65-33-13-15-34(16-14-33)70-23-21-69(22-24-70)20-7-3-6-19-60-43(73)17-18-46(76)72-42-26-37(39(55)25-32(42)27-64-72)35-10-8-12-41-48(35)49(53(56,57)58)68-71(41)31-45(75)61-29-44(74)62-30-47(77)79-2/h4-5,8-16,25-28H,3,6-7,17-24,29-31H2,1-2H3,(H,59,78)(H,60,73)(H,61,75)(H,62,74)(H2,63,65,66,67). The van der Waals surface area contributed by atoms with Gasteiger partial charge in [-0.1, -0.05) is 42.3 Å². The molecule has 79 heavy (non-hydrogen) atoms. The highest BCUT2D eigenvalue weighted by atomic mass is 35.5. The number of ether oxygens (including phenoxy) is 1. The highest BCUT2D eigenvalue weighted by Crippen LogP contribution is 2.41. The highest BCUT2D eigenvalue weighted by Gasteiger charge is 2.38. The number of rotatable bonds is 22. The fourth-order valence-corrected chi connectivity index (χ4v) is 9.00. The quantitative estimate of drug-likeness (QED) is 0.0243. The van der Waals surface area contributed by atoms with Crippen LogP contribution in [0, 0.1) is 5.82 Å². The van der Waals surface area contributed by atoms with E-state index in [1.807, 2.05) is 24.3 Å². The summed E-state index contributed by atoms with van der Waals surface area (Å²) in [4.78, 5) is 88.2. The minimum atomic E-state index is -5.05. The Hall–Kier alpha value is -8.71. The van der Waals surface area contributed by atoms with Crippen molar-refractivity contribution in [2.45, 2.75) is 44.8 Å². The first-order valence-electron chi connectivity index (χ1n) is 25.1. The number of hydrogen-bond acceptors (Lipinski definition) is 15. The average molecular weight is 1110 g/mol. The number of methoxy groups -OCH3 is 1. The molecule has 1 aliphatic heterocycles. The second-order valence-corrected chi connectivity index (χ2v) is 18.6. The zero-order chi connectivity index (χ0) is 56.2. The molecule has 414 valence electrons. The summed E-state index contributed by atoms with van der Waals surface area (Å²) in [6.45, 7) is 3.00. The summed E-state index contributed by atoms with van der Waals surface area (Å²) >= 11 is 6.40. The first kappa shape index (κ1) is 56.5. The molecule has 4 aromatic carbocycles. The number of amides is 4. The number of nitrogens with zero attached hydrogens (tertiary/aromatic N) is 8. The zero-order valence-corrected chi connectivity index (χ0v) is 43.6. The normalized spacial score (nSPS) is 12.8. The van der Waals surface area contributed by atoms with Crippen LogP contribution in [0.4, 0.5) is 46.4 Å². The van der Waals surface area contributed by atoms with Crippen molar-refractivity contribution in [2.75, 3.05) is 82.0 Å². The van der Waals surface area contributed by atoms with Gasteiger partial charge in [-0.15, -0.1) is 0 Å². The van der Waals surface area contributed by atoms with Gasteiger partial charge in [-0.3, -0.25) is 38.3 Å². The van der Waals surface area contributed by atoms with Gasteiger partial charge in [0.25, 0.3) is 5.91 Å². The molecule has 0 atom stereocenters. The first-order valence-corrected chi connectivity index (χ1v) is 25.5. The summed E-state index contributed by atoms with van der Waals surface area (Å²) in [6, 6.07) is 21.2. The predicted octanol–water partition coefficient (Wildman–Crippen LogP) is 6.44. The third kappa shape index (κ3) is 14.3. The van der Waals surface area contributed by atoms with E-state index >= 15 is 4.39 Å². The van der Waals surface area contributed by atoms with Gasteiger partial charge in [0.15, 0.2) is 11.5 Å². The minimum absolute atomic E-state index is 0.0911. The fourth-order valence-electron chi connectivity index (χ4n) is 8.86. The lowest BCUT2D eigenvalue weighted by molar-refractivity contribution is -0.141. The summed E-state index contributed by atoms with van der Waals surface area (Å²) in [5.41, 5.74) is 0.848. The number of unbranched alkanes of at least 4 members (excludes halogenated alkanes) is 2. The molecule has 0 unspecified atom stereocenters. The van der Waals surface area contributed by atoms with Gasteiger partial charge in [0.1, 0.15) is 23.9 Å². The number of aromatic nitrogens is 6. The van der Waals surface area contributed by atoms with Gasteiger partial charge in [0.05, 0.1) is 48.3 Å². The number of carbonyl (C=O) groups is 6. The summed E-state index contributed by atoms with van der Waals surface area (Å²) in [6.07, 6.45) is -0.204. The SMILES string of the molecule is CNC(=O)c1ccccc1Nc1nc(Nc2ccc(N3CCN(CCCCCNC(=O)CCC(=O)n4ncc5cc(F)c(-c6cccc7c6c(C(F)(F)F)nn7CC(=O)NCC(=O)NCC(=O)OC)cc54)CC3)cc2)ncc1Cl. The number of alkyl halides is 3. The number of anilines is 5. The molecule has 0 bridgehead atoms. The number of fused-ring (bicyclic) bond motifs is 2. The summed E-state index contributed by atoms with van der Waals surface area (Å²) in [5.74, 6) is -3.81. The van der Waals surface area contributed by atoms with Crippen LogP contribution in [0.5, 0.6) is 0 Å². The van der Waals surface area contributed by atoms with E-state index < -0.39 is 66.4 Å². The maximum Gasteiger partial charge on any atom is 0.435 e. The van der Waals surface area contributed by atoms with Gasteiger partial charge >= 0.3 is 12.1 Å². The van der Waals surface area contributed by atoms with Crippen LogP contribution < -0.4 is 36.8 Å². The number of nitrogens with one attached hydrogen (secondary N) is 6. The molecule has 4 heterocycles. The van der Waals surface area contributed by atoms with Crippen LogP contribution in [0.25, 0.3) is 32.9 Å². The van der Waals surface area contributed by atoms with Crippen LogP contribution >= 0.6 is 11.6 Å². The molecule has 1 aliphatic rings. The van der Waals surface area contributed by atoms with Gasteiger partial charge in [-0.05, 0) is 79.5 Å². The summed E-state index contributed by atoms with van der Waals surface area (Å²) < 4.78 is 65.6. The lowest BCUT2D eigenvalue weighted by Crippen LogP contribution is -2.46. The molecule has 0 saturated carbocycles. The van der Waals surface area contributed by atoms with Crippen LogP contribution in [0.1, 0.15) is 53.0 Å². The largest absolute Gasteiger partial charge is 0.468 e. The number of benzene rings is 4. The zero-order valence-electron chi connectivity index (χ0n) is 42.9. The Morgan fingerprint density at radius 1 is 0.772 bits per heavy atom. The topological polar surface area (TPSA) is 252 Å². The molecule has 8 rings (SSSR count).